The standard InChI is InChI=1S/C17H25NO3/c1-3-6-13-7-5-11-18(12-10-13)17(20)14-8-4-9-15(21-2)16(14)19/h4,8-9,13,19H,3,5-7,10-12H2,1-2H3. The number of methoxy groups -OCH3 is 1. The normalized spacial score (nSPS) is 19.1. The van der Waals surface area contributed by atoms with Gasteiger partial charge in [-0.2, -0.15) is 0 Å². The van der Waals surface area contributed by atoms with E-state index in [-0.39, 0.29) is 11.7 Å². The maximum Gasteiger partial charge on any atom is 0.257 e. The molecule has 1 saturated heterocycles. The summed E-state index contributed by atoms with van der Waals surface area (Å²) in [7, 11) is 1.49. The number of carbonyl (C=O) groups is 1. The molecule has 1 amide bonds. The summed E-state index contributed by atoms with van der Waals surface area (Å²) in [6.45, 7) is 3.76. The lowest BCUT2D eigenvalue weighted by atomic mass is 9.96. The third-order valence-corrected chi connectivity index (χ3v) is 4.28. The number of rotatable bonds is 4. The van der Waals surface area contributed by atoms with Gasteiger partial charge in [0.05, 0.1) is 12.7 Å². The average molecular weight is 291 g/mol. The molecule has 1 aliphatic heterocycles. The van der Waals surface area contributed by atoms with E-state index in [1.54, 1.807) is 18.2 Å². The Labute approximate surface area is 126 Å². The van der Waals surface area contributed by atoms with Crippen molar-refractivity contribution in [1.29, 1.82) is 0 Å². The predicted octanol–water partition coefficient (Wildman–Crippen LogP) is 3.44. The molecule has 0 aliphatic carbocycles. The molecule has 2 rings (SSSR count). The number of phenolic OH excluding ortho intramolecular Hbond substituents is 1. The summed E-state index contributed by atoms with van der Waals surface area (Å²) in [4.78, 5) is 14.5. The number of carbonyl (C=O) groups excluding carboxylic acids is 1. The molecule has 1 aliphatic rings. The number of hydrogen-bond acceptors (Lipinski definition) is 3. The van der Waals surface area contributed by atoms with Gasteiger partial charge < -0.3 is 14.7 Å². The number of likely N-dealkylation sites (tertiary alicyclic amines) is 1. The van der Waals surface area contributed by atoms with E-state index in [0.717, 1.165) is 31.8 Å². The zero-order valence-corrected chi connectivity index (χ0v) is 13.0. The summed E-state index contributed by atoms with van der Waals surface area (Å²) >= 11 is 0. The molecule has 1 heterocycles. The van der Waals surface area contributed by atoms with Gasteiger partial charge in [0.1, 0.15) is 0 Å². The van der Waals surface area contributed by atoms with E-state index in [2.05, 4.69) is 6.92 Å². The number of hydrogen-bond donors (Lipinski definition) is 1. The Morgan fingerprint density at radius 3 is 2.90 bits per heavy atom. The van der Waals surface area contributed by atoms with Gasteiger partial charge in [0.15, 0.2) is 11.5 Å². The summed E-state index contributed by atoms with van der Waals surface area (Å²) < 4.78 is 5.08. The Bertz CT molecular complexity index is 487. The van der Waals surface area contributed by atoms with Crippen molar-refractivity contribution in [2.75, 3.05) is 20.2 Å². The number of para-hydroxylation sites is 1. The van der Waals surface area contributed by atoms with Crippen molar-refractivity contribution in [2.24, 2.45) is 5.92 Å². The van der Waals surface area contributed by atoms with E-state index in [0.29, 0.717) is 11.3 Å². The van der Waals surface area contributed by atoms with E-state index in [1.165, 1.54) is 26.4 Å². The number of aromatic hydroxyl groups is 1. The number of benzene rings is 1. The lowest BCUT2D eigenvalue weighted by Gasteiger charge is -2.21. The van der Waals surface area contributed by atoms with Crippen molar-refractivity contribution < 1.29 is 14.6 Å². The topological polar surface area (TPSA) is 49.8 Å². The Hall–Kier alpha value is -1.71. The second-order valence-corrected chi connectivity index (χ2v) is 5.73. The van der Waals surface area contributed by atoms with Crippen LogP contribution in [0.5, 0.6) is 11.5 Å². The van der Waals surface area contributed by atoms with E-state index >= 15 is 0 Å². The number of ether oxygens (including phenoxy) is 1. The van der Waals surface area contributed by atoms with E-state index in [4.69, 9.17) is 4.74 Å². The highest BCUT2D eigenvalue weighted by atomic mass is 16.5. The van der Waals surface area contributed by atoms with Crippen LogP contribution in [0, 0.1) is 5.92 Å². The molecule has 0 saturated carbocycles. The van der Waals surface area contributed by atoms with Crippen molar-refractivity contribution in [1.82, 2.24) is 4.90 Å². The van der Waals surface area contributed by atoms with Gasteiger partial charge >= 0.3 is 0 Å². The van der Waals surface area contributed by atoms with Crippen LogP contribution in [0.1, 0.15) is 49.4 Å². The first kappa shape index (κ1) is 15.7. The summed E-state index contributed by atoms with van der Waals surface area (Å²) in [5.41, 5.74) is 0.336. The fourth-order valence-electron chi connectivity index (χ4n) is 3.10. The van der Waals surface area contributed by atoms with Crippen LogP contribution >= 0.6 is 0 Å². The fraction of sp³-hybridized carbons (Fsp3) is 0.588. The van der Waals surface area contributed by atoms with Gasteiger partial charge in [-0.1, -0.05) is 25.8 Å². The molecule has 1 aromatic rings. The SMILES string of the molecule is CCCC1CCCN(C(=O)c2cccc(OC)c2O)CC1. The largest absolute Gasteiger partial charge is 0.504 e. The number of nitrogens with zero attached hydrogens (tertiary/aromatic N) is 1. The van der Waals surface area contributed by atoms with E-state index < -0.39 is 0 Å². The Kier molecular flexibility index (Phi) is 5.48. The second kappa shape index (κ2) is 7.34. The van der Waals surface area contributed by atoms with Gasteiger partial charge in [0, 0.05) is 13.1 Å². The molecule has 21 heavy (non-hydrogen) atoms. The monoisotopic (exact) mass is 291 g/mol. The molecular formula is C17H25NO3. The Morgan fingerprint density at radius 2 is 2.19 bits per heavy atom. The van der Waals surface area contributed by atoms with Crippen LogP contribution < -0.4 is 4.74 Å². The number of phenols is 1. The zero-order valence-electron chi connectivity index (χ0n) is 13.0. The molecule has 4 nitrogen and oxygen atoms in total. The van der Waals surface area contributed by atoms with Gasteiger partial charge in [-0.15, -0.1) is 0 Å². The fourth-order valence-corrected chi connectivity index (χ4v) is 3.10. The molecule has 0 radical (unpaired) electrons. The highest BCUT2D eigenvalue weighted by molar-refractivity contribution is 5.97. The van der Waals surface area contributed by atoms with Crippen LogP contribution in [0.25, 0.3) is 0 Å². The van der Waals surface area contributed by atoms with E-state index in [9.17, 15) is 9.90 Å². The maximum atomic E-state index is 12.6. The van der Waals surface area contributed by atoms with Crippen LogP contribution in [0.4, 0.5) is 0 Å². The average Bonchev–Trinajstić information content (AvgIpc) is 2.73. The molecule has 1 unspecified atom stereocenters. The highest BCUT2D eigenvalue weighted by Gasteiger charge is 2.24. The summed E-state index contributed by atoms with van der Waals surface area (Å²) in [6, 6.07) is 5.06. The molecule has 0 aromatic heterocycles. The molecule has 0 bridgehead atoms. The van der Waals surface area contributed by atoms with Crippen LogP contribution in [-0.2, 0) is 0 Å². The first-order chi connectivity index (χ1) is 10.2. The minimum atomic E-state index is -0.0939. The molecule has 0 spiro atoms. The minimum Gasteiger partial charge on any atom is -0.504 e. The molecule has 1 atom stereocenters. The maximum absolute atomic E-state index is 12.6. The lowest BCUT2D eigenvalue weighted by Crippen LogP contribution is -2.32. The van der Waals surface area contributed by atoms with E-state index in [1.807, 2.05) is 4.90 Å². The highest BCUT2D eigenvalue weighted by Crippen LogP contribution is 2.31. The van der Waals surface area contributed by atoms with Gasteiger partial charge in [0.25, 0.3) is 5.91 Å². The van der Waals surface area contributed by atoms with Crippen molar-refractivity contribution in [3.05, 3.63) is 23.8 Å². The predicted molar refractivity (Wildman–Crippen MR) is 82.8 cm³/mol. The Morgan fingerprint density at radius 1 is 1.38 bits per heavy atom. The zero-order chi connectivity index (χ0) is 15.2. The molecule has 1 N–H and O–H groups in total. The summed E-state index contributed by atoms with van der Waals surface area (Å²) in [6.07, 6.45) is 5.74. The van der Waals surface area contributed by atoms with Gasteiger partial charge in [-0.3, -0.25) is 4.79 Å². The smallest absolute Gasteiger partial charge is 0.257 e. The van der Waals surface area contributed by atoms with Crippen LogP contribution in [-0.4, -0.2) is 36.1 Å². The van der Waals surface area contributed by atoms with Gasteiger partial charge in [0.2, 0.25) is 0 Å². The Balaban J connectivity index is 2.10. The quantitative estimate of drug-likeness (QED) is 0.924. The van der Waals surface area contributed by atoms with Crippen molar-refractivity contribution in [3.63, 3.8) is 0 Å². The third-order valence-electron chi connectivity index (χ3n) is 4.28. The van der Waals surface area contributed by atoms with Crippen molar-refractivity contribution >= 4 is 5.91 Å². The van der Waals surface area contributed by atoms with Gasteiger partial charge in [-0.05, 0) is 37.3 Å². The van der Waals surface area contributed by atoms with Crippen LogP contribution in [0.3, 0.4) is 0 Å². The molecule has 4 heteroatoms. The molecule has 116 valence electrons. The minimum absolute atomic E-state index is 0.0562. The van der Waals surface area contributed by atoms with Crippen molar-refractivity contribution in [2.45, 2.75) is 39.0 Å². The first-order valence-corrected chi connectivity index (χ1v) is 7.82. The number of amides is 1. The molecular weight excluding hydrogens is 266 g/mol. The van der Waals surface area contributed by atoms with Crippen LogP contribution in [0.2, 0.25) is 0 Å². The van der Waals surface area contributed by atoms with Crippen LogP contribution in [0.15, 0.2) is 18.2 Å². The molecule has 1 fully saturated rings. The summed E-state index contributed by atoms with van der Waals surface area (Å²) in [5.74, 6) is 0.925. The third kappa shape index (κ3) is 3.69. The van der Waals surface area contributed by atoms with Crippen molar-refractivity contribution in [3.8, 4) is 11.5 Å². The molecule has 1 aromatic carbocycles. The first-order valence-electron chi connectivity index (χ1n) is 7.82. The lowest BCUT2D eigenvalue weighted by molar-refractivity contribution is 0.0756. The van der Waals surface area contributed by atoms with Gasteiger partial charge in [-0.25, -0.2) is 0 Å². The summed E-state index contributed by atoms with van der Waals surface area (Å²) in [5, 5.41) is 10.1. The second-order valence-electron chi connectivity index (χ2n) is 5.73.